The number of anilines is 3. The van der Waals surface area contributed by atoms with E-state index in [1.807, 2.05) is 0 Å². The highest BCUT2D eigenvalue weighted by atomic mass is 32.2. The van der Waals surface area contributed by atoms with E-state index in [-0.39, 0.29) is 0 Å². The molecule has 9 aromatic carbocycles. The Hall–Kier alpha value is -7.93. The second-order valence-electron chi connectivity index (χ2n) is 15.5. The third-order valence-corrected chi connectivity index (χ3v) is 12.8. The van der Waals surface area contributed by atoms with Crippen LogP contribution in [-0.4, -0.2) is 19.1 Å². The zero-order valence-electron chi connectivity index (χ0n) is 33.5. The summed E-state index contributed by atoms with van der Waals surface area (Å²) < 4.78 is 4.58. The molecule has 62 heavy (non-hydrogen) atoms. The van der Waals surface area contributed by atoms with Crippen LogP contribution in [0.3, 0.4) is 0 Å². The van der Waals surface area contributed by atoms with E-state index < -0.39 is 0 Å². The van der Waals surface area contributed by atoms with Crippen LogP contribution in [0.1, 0.15) is 0 Å². The summed E-state index contributed by atoms with van der Waals surface area (Å²) >= 11 is 1.80. The van der Waals surface area contributed by atoms with Crippen molar-refractivity contribution in [2.45, 2.75) is 9.79 Å². The van der Waals surface area contributed by atoms with Crippen molar-refractivity contribution in [1.82, 2.24) is 19.1 Å². The number of imidazole rings is 2. The van der Waals surface area contributed by atoms with Crippen molar-refractivity contribution in [2.75, 3.05) is 4.90 Å². The molecule has 0 amide bonds. The molecule has 0 bridgehead atoms. The Balaban J connectivity index is 0.976. The Morgan fingerprint density at radius 1 is 0.306 bits per heavy atom. The molecule has 1 aliphatic heterocycles. The number of benzene rings is 9. The van der Waals surface area contributed by atoms with Crippen molar-refractivity contribution >= 4 is 50.9 Å². The summed E-state index contributed by atoms with van der Waals surface area (Å²) in [4.78, 5) is 15.2. The van der Waals surface area contributed by atoms with Crippen molar-refractivity contribution < 1.29 is 0 Å². The number of hydrogen-bond donors (Lipinski definition) is 0. The first-order valence-corrected chi connectivity index (χ1v) is 21.6. The lowest BCUT2D eigenvalue weighted by Gasteiger charge is -2.33. The van der Waals surface area contributed by atoms with Crippen LogP contribution >= 0.6 is 11.8 Å². The Morgan fingerprint density at radius 2 is 0.677 bits per heavy atom. The van der Waals surface area contributed by atoms with Crippen LogP contribution in [0.25, 0.3) is 78.5 Å². The van der Waals surface area contributed by atoms with Gasteiger partial charge in [-0.05, 0) is 119 Å². The Labute approximate surface area is 363 Å². The Morgan fingerprint density at radius 3 is 1.13 bits per heavy atom. The van der Waals surface area contributed by atoms with Gasteiger partial charge in [-0.2, -0.15) is 0 Å². The van der Waals surface area contributed by atoms with E-state index in [9.17, 15) is 0 Å². The smallest absolute Gasteiger partial charge is 0.145 e. The molecule has 0 atom stereocenters. The van der Waals surface area contributed by atoms with Gasteiger partial charge in [0.2, 0.25) is 0 Å². The standard InChI is InChI=1S/C56H37N5S/c1-4-14-38(15-5-1)40-24-30-45(31-25-40)60-49-22-12-10-20-47(49)57-55(60)42-28-34-51-53(36-42)62-54-37-43(29-35-52(54)59(51)44-18-8-3-9-19-44)56-58-48-21-11-13-23-50(48)61(56)46-32-26-41(27-33-46)39-16-6-2-7-17-39/h1-37H. The van der Waals surface area contributed by atoms with E-state index in [4.69, 9.17) is 9.97 Å². The number of para-hydroxylation sites is 5. The predicted molar refractivity (Wildman–Crippen MR) is 256 cm³/mol. The highest BCUT2D eigenvalue weighted by Crippen LogP contribution is 2.53. The van der Waals surface area contributed by atoms with Gasteiger partial charge in [-0.15, -0.1) is 0 Å². The van der Waals surface area contributed by atoms with Gasteiger partial charge in [0.05, 0.1) is 33.4 Å². The van der Waals surface area contributed by atoms with Crippen LogP contribution in [0.5, 0.6) is 0 Å². The fraction of sp³-hybridized carbons (Fsp3) is 0. The minimum Gasteiger partial charge on any atom is -0.308 e. The normalized spacial score (nSPS) is 12.1. The number of hydrogen-bond acceptors (Lipinski definition) is 4. The van der Waals surface area contributed by atoms with Gasteiger partial charge < -0.3 is 4.90 Å². The number of aromatic nitrogens is 4. The largest absolute Gasteiger partial charge is 0.308 e. The molecule has 0 aliphatic carbocycles. The first kappa shape index (κ1) is 36.0. The molecule has 0 radical (unpaired) electrons. The molecular weight excluding hydrogens is 775 g/mol. The van der Waals surface area contributed by atoms with E-state index in [2.05, 4.69) is 238 Å². The highest BCUT2D eigenvalue weighted by Gasteiger charge is 2.28. The molecule has 6 heteroatoms. The molecular formula is C56H37N5S. The lowest BCUT2D eigenvalue weighted by atomic mass is 10.1. The maximum atomic E-state index is 5.27. The predicted octanol–water partition coefficient (Wildman–Crippen LogP) is 15.0. The summed E-state index contributed by atoms with van der Waals surface area (Å²) in [5, 5.41) is 0. The summed E-state index contributed by atoms with van der Waals surface area (Å²) in [6.07, 6.45) is 0. The SMILES string of the molecule is c1ccc(-c2ccc(-n3c(-c4ccc5c(c4)Sc4cc(-c6nc7ccccc7n6-c6ccc(-c7ccccc7)cc6)ccc4N5c4ccccc4)nc4ccccc43)cc2)cc1. The van der Waals surface area contributed by atoms with Crippen molar-refractivity contribution in [3.8, 4) is 56.4 Å². The van der Waals surface area contributed by atoms with E-state index >= 15 is 0 Å². The molecule has 1 aliphatic rings. The minimum atomic E-state index is 0.903. The third kappa shape index (κ3) is 6.19. The van der Waals surface area contributed by atoms with E-state index in [0.717, 1.165) is 83.1 Å². The molecule has 12 rings (SSSR count). The van der Waals surface area contributed by atoms with Gasteiger partial charge in [-0.3, -0.25) is 9.13 Å². The van der Waals surface area contributed by atoms with Gasteiger partial charge in [0.15, 0.2) is 0 Å². The van der Waals surface area contributed by atoms with Gasteiger partial charge in [0, 0.05) is 38.0 Å². The average molecular weight is 812 g/mol. The first-order valence-electron chi connectivity index (χ1n) is 20.8. The quantitative estimate of drug-likeness (QED) is 0.161. The fourth-order valence-corrected chi connectivity index (χ4v) is 9.91. The van der Waals surface area contributed by atoms with Crippen LogP contribution < -0.4 is 4.90 Å². The maximum Gasteiger partial charge on any atom is 0.145 e. The van der Waals surface area contributed by atoms with Crippen molar-refractivity contribution in [3.63, 3.8) is 0 Å². The molecule has 3 heterocycles. The molecule has 5 nitrogen and oxygen atoms in total. The maximum absolute atomic E-state index is 5.27. The minimum absolute atomic E-state index is 0.903. The zero-order valence-corrected chi connectivity index (χ0v) is 34.3. The fourth-order valence-electron chi connectivity index (χ4n) is 8.77. The van der Waals surface area contributed by atoms with Gasteiger partial charge in [-0.1, -0.05) is 139 Å². The molecule has 0 unspecified atom stereocenters. The van der Waals surface area contributed by atoms with Crippen LogP contribution in [0.2, 0.25) is 0 Å². The molecule has 0 saturated carbocycles. The lowest BCUT2D eigenvalue weighted by Crippen LogP contribution is -2.15. The van der Waals surface area contributed by atoms with Crippen LogP contribution in [0, 0.1) is 0 Å². The van der Waals surface area contributed by atoms with E-state index in [1.54, 1.807) is 11.8 Å². The summed E-state index contributed by atoms with van der Waals surface area (Å²) in [7, 11) is 0. The number of rotatable bonds is 7. The zero-order chi connectivity index (χ0) is 41.0. The van der Waals surface area contributed by atoms with Crippen molar-refractivity contribution in [2.24, 2.45) is 0 Å². The summed E-state index contributed by atoms with van der Waals surface area (Å²) in [6.45, 7) is 0. The van der Waals surface area contributed by atoms with Crippen molar-refractivity contribution in [1.29, 1.82) is 0 Å². The first-order chi connectivity index (χ1) is 30.7. The number of fused-ring (bicyclic) bond motifs is 4. The van der Waals surface area contributed by atoms with Crippen LogP contribution in [-0.2, 0) is 0 Å². The average Bonchev–Trinajstić information content (AvgIpc) is 3.94. The Kier molecular flexibility index (Phi) is 8.68. The van der Waals surface area contributed by atoms with E-state index in [1.165, 1.54) is 22.3 Å². The molecule has 0 fully saturated rings. The number of nitrogens with zero attached hydrogens (tertiary/aromatic N) is 5. The summed E-state index contributed by atoms with van der Waals surface area (Å²) in [6, 6.07) is 79.7. The molecule has 11 aromatic rings. The van der Waals surface area contributed by atoms with Crippen molar-refractivity contribution in [3.05, 3.63) is 224 Å². The molecule has 292 valence electrons. The third-order valence-electron chi connectivity index (χ3n) is 11.7. The van der Waals surface area contributed by atoms with Crippen LogP contribution in [0.4, 0.5) is 17.1 Å². The molecule has 0 saturated heterocycles. The van der Waals surface area contributed by atoms with Gasteiger partial charge in [-0.25, -0.2) is 9.97 Å². The lowest BCUT2D eigenvalue weighted by molar-refractivity contribution is 1.09. The van der Waals surface area contributed by atoms with Crippen LogP contribution in [0.15, 0.2) is 234 Å². The monoisotopic (exact) mass is 811 g/mol. The second-order valence-corrected chi connectivity index (χ2v) is 16.6. The van der Waals surface area contributed by atoms with Gasteiger partial charge in [0.1, 0.15) is 11.6 Å². The highest BCUT2D eigenvalue weighted by molar-refractivity contribution is 7.99. The molecule has 0 N–H and O–H groups in total. The van der Waals surface area contributed by atoms with Gasteiger partial charge in [0.25, 0.3) is 0 Å². The molecule has 0 spiro atoms. The Bertz CT molecular complexity index is 3200. The van der Waals surface area contributed by atoms with E-state index in [0.29, 0.717) is 0 Å². The molecule has 2 aromatic heterocycles. The topological polar surface area (TPSA) is 38.9 Å². The van der Waals surface area contributed by atoms with Gasteiger partial charge >= 0.3 is 0 Å². The second kappa shape index (κ2) is 15.0. The summed E-state index contributed by atoms with van der Waals surface area (Å²) in [5.41, 5.74) is 16.4. The summed E-state index contributed by atoms with van der Waals surface area (Å²) in [5.74, 6) is 1.81.